The Morgan fingerprint density at radius 3 is 2.68 bits per heavy atom. The zero-order valence-corrected chi connectivity index (χ0v) is 13.6. The lowest BCUT2D eigenvalue weighted by Gasteiger charge is -2.15. The number of hydrogen-bond donors (Lipinski definition) is 2. The summed E-state index contributed by atoms with van der Waals surface area (Å²) in [5, 5.41) is 3.02. The summed E-state index contributed by atoms with van der Waals surface area (Å²) in [7, 11) is 0.265. The van der Waals surface area contributed by atoms with Gasteiger partial charge in [-0.3, -0.25) is 0 Å². The molecule has 0 saturated heterocycles. The van der Waals surface area contributed by atoms with E-state index in [0.717, 1.165) is 17.9 Å². The molecular weight excluding hydrogens is 282 g/mol. The molecule has 0 saturated carbocycles. The largest absolute Gasteiger partial charge is 0.352 e. The molecule has 1 aromatic heterocycles. The van der Waals surface area contributed by atoms with Crippen molar-refractivity contribution in [2.45, 2.75) is 30.8 Å². The molecule has 1 heterocycles. The first-order chi connectivity index (χ1) is 8.94. The Bertz CT molecular complexity index is 497. The number of rotatable bonds is 8. The van der Waals surface area contributed by atoms with Gasteiger partial charge < -0.3 is 9.88 Å². The van der Waals surface area contributed by atoms with Crippen LogP contribution in [0.3, 0.4) is 0 Å². The molecule has 1 atom stereocenters. The van der Waals surface area contributed by atoms with Gasteiger partial charge in [0.2, 0.25) is 10.0 Å². The second-order valence-electron chi connectivity index (χ2n) is 4.49. The third-order valence-electron chi connectivity index (χ3n) is 2.93. The maximum absolute atomic E-state index is 12.3. The number of nitrogens with one attached hydrogen (secondary N) is 2. The van der Waals surface area contributed by atoms with E-state index < -0.39 is 10.0 Å². The fourth-order valence-electron chi connectivity index (χ4n) is 1.80. The van der Waals surface area contributed by atoms with Crippen molar-refractivity contribution in [3.8, 4) is 0 Å². The van der Waals surface area contributed by atoms with Crippen LogP contribution in [0.2, 0.25) is 0 Å². The van der Waals surface area contributed by atoms with Crippen molar-refractivity contribution in [1.29, 1.82) is 0 Å². The number of aromatic nitrogens is 1. The van der Waals surface area contributed by atoms with Gasteiger partial charge in [-0.15, -0.1) is 0 Å². The van der Waals surface area contributed by atoms with E-state index >= 15 is 0 Å². The minimum Gasteiger partial charge on any atom is -0.352 e. The molecule has 5 nitrogen and oxygen atoms in total. The van der Waals surface area contributed by atoms with Gasteiger partial charge in [0.15, 0.2) is 0 Å². The molecule has 110 valence electrons. The van der Waals surface area contributed by atoms with Crippen molar-refractivity contribution < 1.29 is 8.42 Å². The average Bonchev–Trinajstić information content (AvgIpc) is 2.72. The first-order valence-corrected chi connectivity index (χ1v) is 9.13. The highest BCUT2D eigenvalue weighted by Gasteiger charge is 2.20. The van der Waals surface area contributed by atoms with Crippen molar-refractivity contribution in [3.05, 3.63) is 18.0 Å². The Morgan fingerprint density at radius 1 is 1.47 bits per heavy atom. The first-order valence-electron chi connectivity index (χ1n) is 6.25. The molecule has 0 spiro atoms. The summed E-state index contributed by atoms with van der Waals surface area (Å²) >= 11 is 1.64. The van der Waals surface area contributed by atoms with E-state index in [1.807, 2.05) is 31.8 Å². The Balaban J connectivity index is 2.90. The fourth-order valence-corrected chi connectivity index (χ4v) is 4.04. The molecule has 2 N–H and O–H groups in total. The van der Waals surface area contributed by atoms with Crippen molar-refractivity contribution in [2.75, 3.05) is 19.1 Å². The Kier molecular flexibility index (Phi) is 6.38. The van der Waals surface area contributed by atoms with Crippen LogP contribution in [-0.4, -0.2) is 38.1 Å². The maximum Gasteiger partial charge on any atom is 0.242 e. The molecule has 19 heavy (non-hydrogen) atoms. The monoisotopic (exact) mass is 305 g/mol. The normalized spacial score (nSPS) is 13.7. The highest BCUT2D eigenvalue weighted by atomic mass is 32.2. The lowest BCUT2D eigenvalue weighted by molar-refractivity contribution is 0.558. The fraction of sp³-hybridized carbons (Fsp3) is 0.667. The van der Waals surface area contributed by atoms with Gasteiger partial charge >= 0.3 is 0 Å². The standard InChI is InChI=1S/C12H23N3O2S2/c1-5-10(9-18-4)14-19(16,17)12-6-11(7-13-2)15(3)8-12/h6,8,10,13-14H,5,7,9H2,1-4H3. The highest BCUT2D eigenvalue weighted by molar-refractivity contribution is 7.98. The van der Waals surface area contributed by atoms with E-state index in [2.05, 4.69) is 10.0 Å². The molecule has 7 heteroatoms. The Morgan fingerprint density at radius 2 is 2.16 bits per heavy atom. The number of thioether (sulfide) groups is 1. The van der Waals surface area contributed by atoms with Crippen LogP contribution in [0.1, 0.15) is 19.0 Å². The smallest absolute Gasteiger partial charge is 0.242 e. The van der Waals surface area contributed by atoms with E-state index in [4.69, 9.17) is 0 Å². The zero-order valence-electron chi connectivity index (χ0n) is 11.9. The summed E-state index contributed by atoms with van der Waals surface area (Å²) in [6, 6.07) is 1.69. The summed E-state index contributed by atoms with van der Waals surface area (Å²) in [6.45, 7) is 2.63. The molecule has 0 radical (unpaired) electrons. The molecule has 1 rings (SSSR count). The van der Waals surface area contributed by atoms with Gasteiger partial charge in [-0.05, 0) is 25.8 Å². The van der Waals surface area contributed by atoms with Crippen LogP contribution in [0.5, 0.6) is 0 Å². The van der Waals surface area contributed by atoms with Crippen molar-refractivity contribution in [3.63, 3.8) is 0 Å². The Labute approximate surface area is 120 Å². The summed E-state index contributed by atoms with van der Waals surface area (Å²) in [4.78, 5) is 0.333. The summed E-state index contributed by atoms with van der Waals surface area (Å²) in [6.07, 6.45) is 4.42. The molecular formula is C12H23N3O2S2. The molecule has 0 aliphatic carbocycles. The van der Waals surface area contributed by atoms with Gasteiger partial charge in [-0.25, -0.2) is 13.1 Å². The van der Waals surface area contributed by atoms with Gasteiger partial charge in [-0.1, -0.05) is 6.92 Å². The average molecular weight is 305 g/mol. The van der Waals surface area contributed by atoms with Crippen LogP contribution < -0.4 is 10.0 Å². The summed E-state index contributed by atoms with van der Waals surface area (Å²) < 4.78 is 29.2. The minimum atomic E-state index is -3.43. The van der Waals surface area contributed by atoms with Gasteiger partial charge in [0.25, 0.3) is 0 Å². The number of hydrogen-bond acceptors (Lipinski definition) is 4. The van der Waals surface area contributed by atoms with Gasteiger partial charge in [0.1, 0.15) is 0 Å². The molecule has 0 aliphatic heterocycles. The predicted octanol–water partition coefficient (Wildman–Crippen LogP) is 1.16. The van der Waals surface area contributed by atoms with E-state index in [1.165, 1.54) is 0 Å². The maximum atomic E-state index is 12.3. The molecule has 0 aromatic carbocycles. The summed E-state index contributed by atoms with van der Waals surface area (Å²) in [5.74, 6) is 0.784. The lowest BCUT2D eigenvalue weighted by atomic mass is 10.3. The predicted molar refractivity (Wildman–Crippen MR) is 81.0 cm³/mol. The SMILES string of the molecule is CCC(CSC)NS(=O)(=O)c1cc(CNC)n(C)c1. The van der Waals surface area contributed by atoms with Crippen LogP contribution in [-0.2, 0) is 23.6 Å². The van der Waals surface area contributed by atoms with Crippen molar-refractivity contribution in [2.24, 2.45) is 7.05 Å². The van der Waals surface area contributed by atoms with Crippen LogP contribution >= 0.6 is 11.8 Å². The second kappa shape index (κ2) is 7.33. The van der Waals surface area contributed by atoms with Crippen LogP contribution in [0.4, 0.5) is 0 Å². The third kappa shape index (κ3) is 4.52. The van der Waals surface area contributed by atoms with Crippen LogP contribution in [0.15, 0.2) is 17.2 Å². The molecule has 0 fully saturated rings. The molecule has 1 unspecified atom stereocenters. The first kappa shape index (κ1) is 16.6. The van der Waals surface area contributed by atoms with Crippen LogP contribution in [0, 0.1) is 0 Å². The Hall–Kier alpha value is -0.500. The van der Waals surface area contributed by atoms with Gasteiger partial charge in [0, 0.05) is 37.3 Å². The second-order valence-corrected chi connectivity index (χ2v) is 7.11. The third-order valence-corrected chi connectivity index (χ3v) is 5.16. The van der Waals surface area contributed by atoms with Crippen molar-refractivity contribution in [1.82, 2.24) is 14.6 Å². The number of sulfonamides is 1. The quantitative estimate of drug-likeness (QED) is 0.757. The molecule has 0 amide bonds. The lowest BCUT2D eigenvalue weighted by Crippen LogP contribution is -2.35. The van der Waals surface area contributed by atoms with E-state index in [-0.39, 0.29) is 6.04 Å². The van der Waals surface area contributed by atoms with Gasteiger partial charge in [0.05, 0.1) is 4.90 Å². The van der Waals surface area contributed by atoms with E-state index in [9.17, 15) is 8.42 Å². The van der Waals surface area contributed by atoms with Gasteiger partial charge in [-0.2, -0.15) is 11.8 Å². The van der Waals surface area contributed by atoms with Crippen LogP contribution in [0.25, 0.3) is 0 Å². The summed E-state index contributed by atoms with van der Waals surface area (Å²) in [5.41, 5.74) is 0.945. The van der Waals surface area contributed by atoms with E-state index in [0.29, 0.717) is 11.4 Å². The minimum absolute atomic E-state index is 0.0204. The highest BCUT2D eigenvalue weighted by Crippen LogP contribution is 2.15. The number of aryl methyl sites for hydroxylation is 1. The van der Waals surface area contributed by atoms with Crippen molar-refractivity contribution >= 4 is 21.8 Å². The van der Waals surface area contributed by atoms with E-state index in [1.54, 1.807) is 24.0 Å². The molecule has 1 aromatic rings. The number of nitrogens with zero attached hydrogens (tertiary/aromatic N) is 1. The molecule has 0 bridgehead atoms. The molecule has 0 aliphatic rings. The zero-order chi connectivity index (χ0) is 14.5. The topological polar surface area (TPSA) is 63.1 Å².